The van der Waals surface area contributed by atoms with Crippen LogP contribution >= 0.6 is 0 Å². The maximum Gasteiger partial charge on any atom is 0.317 e. The molecule has 3 heteroatoms. The van der Waals surface area contributed by atoms with Crippen LogP contribution in [0.25, 0.3) is 0 Å². The Kier molecular flexibility index (Phi) is 7.04. The lowest BCUT2D eigenvalue weighted by Gasteiger charge is -2.18. The van der Waals surface area contributed by atoms with Crippen LogP contribution in [-0.2, 0) is 4.79 Å². The van der Waals surface area contributed by atoms with Crippen LogP contribution in [0.1, 0.15) is 26.2 Å². The van der Waals surface area contributed by atoms with Crippen molar-refractivity contribution in [2.45, 2.75) is 26.2 Å². The minimum absolute atomic E-state index is 0.123. The fraction of sp³-hybridized carbons (Fsp3) is 0.700. The smallest absolute Gasteiger partial charge is 0.317 e. The molecule has 3 nitrogen and oxygen atoms in total. The molecule has 74 valence electrons. The fourth-order valence-electron chi connectivity index (χ4n) is 1.18. The summed E-state index contributed by atoms with van der Waals surface area (Å²) in [5.41, 5.74) is 0. The third kappa shape index (κ3) is 7.35. The summed E-state index contributed by atoms with van der Waals surface area (Å²) in [5, 5.41) is 8.59. The Labute approximate surface area is 79.7 Å². The molecule has 0 atom stereocenters. The summed E-state index contributed by atoms with van der Waals surface area (Å²) in [6, 6.07) is 0. The summed E-state index contributed by atoms with van der Waals surface area (Å²) in [7, 11) is 0. The topological polar surface area (TPSA) is 40.5 Å². The molecule has 0 aliphatic rings. The average molecular weight is 183 g/mol. The van der Waals surface area contributed by atoms with Crippen molar-refractivity contribution in [3.63, 3.8) is 0 Å². The molecule has 0 aromatic heterocycles. The van der Waals surface area contributed by atoms with Gasteiger partial charge in [0.1, 0.15) is 0 Å². The third-order valence-corrected chi connectivity index (χ3v) is 1.69. The summed E-state index contributed by atoms with van der Waals surface area (Å²) in [4.78, 5) is 12.4. The molecule has 0 aromatic carbocycles. The second kappa shape index (κ2) is 7.63. The largest absolute Gasteiger partial charge is 0.480 e. The number of carboxylic acids is 1. The number of carboxylic acid groups (broad SMARTS) is 1. The lowest BCUT2D eigenvalue weighted by molar-refractivity contribution is -0.138. The minimum Gasteiger partial charge on any atom is -0.480 e. The summed E-state index contributed by atoms with van der Waals surface area (Å²) >= 11 is 0. The van der Waals surface area contributed by atoms with E-state index < -0.39 is 5.97 Å². The van der Waals surface area contributed by atoms with Crippen LogP contribution in [0.3, 0.4) is 0 Å². The van der Waals surface area contributed by atoms with E-state index in [2.05, 4.69) is 5.92 Å². The van der Waals surface area contributed by atoms with Crippen LogP contribution in [0.5, 0.6) is 0 Å². The maximum atomic E-state index is 10.4. The van der Waals surface area contributed by atoms with Gasteiger partial charge in [-0.3, -0.25) is 9.69 Å². The monoisotopic (exact) mass is 183 g/mol. The first kappa shape index (κ1) is 12.0. The van der Waals surface area contributed by atoms with E-state index in [1.54, 1.807) is 0 Å². The molecule has 0 amide bonds. The van der Waals surface area contributed by atoms with Gasteiger partial charge in [0.05, 0.1) is 6.54 Å². The van der Waals surface area contributed by atoms with Crippen LogP contribution in [0.2, 0.25) is 0 Å². The van der Waals surface area contributed by atoms with Gasteiger partial charge in [0.15, 0.2) is 0 Å². The molecule has 0 unspecified atom stereocenters. The Bertz CT molecular complexity index is 184. The van der Waals surface area contributed by atoms with Crippen molar-refractivity contribution in [3.05, 3.63) is 0 Å². The van der Waals surface area contributed by atoms with Crippen molar-refractivity contribution in [1.82, 2.24) is 4.90 Å². The molecule has 0 fully saturated rings. The zero-order chi connectivity index (χ0) is 10.1. The number of terminal acetylenes is 1. The summed E-state index contributed by atoms with van der Waals surface area (Å²) < 4.78 is 0. The van der Waals surface area contributed by atoms with Gasteiger partial charge in [-0.2, -0.15) is 0 Å². The molecule has 0 saturated heterocycles. The van der Waals surface area contributed by atoms with Crippen molar-refractivity contribution in [3.8, 4) is 12.3 Å². The van der Waals surface area contributed by atoms with E-state index in [0.29, 0.717) is 0 Å². The lowest BCUT2D eigenvalue weighted by Crippen LogP contribution is -2.31. The molecule has 0 rings (SSSR count). The Morgan fingerprint density at radius 3 is 2.69 bits per heavy atom. The van der Waals surface area contributed by atoms with Crippen molar-refractivity contribution >= 4 is 5.97 Å². The molecule has 0 radical (unpaired) electrons. The minimum atomic E-state index is -0.769. The fourth-order valence-corrected chi connectivity index (χ4v) is 1.18. The van der Waals surface area contributed by atoms with E-state index in [1.165, 1.54) is 0 Å². The molecule has 13 heavy (non-hydrogen) atoms. The molecule has 0 aliphatic carbocycles. The van der Waals surface area contributed by atoms with Gasteiger partial charge in [-0.05, 0) is 25.9 Å². The van der Waals surface area contributed by atoms with Crippen LogP contribution in [0.4, 0.5) is 0 Å². The van der Waals surface area contributed by atoms with E-state index in [-0.39, 0.29) is 6.54 Å². The van der Waals surface area contributed by atoms with Gasteiger partial charge in [0, 0.05) is 6.42 Å². The number of carbonyl (C=O) groups is 1. The first-order valence-electron chi connectivity index (χ1n) is 4.58. The van der Waals surface area contributed by atoms with Crippen molar-refractivity contribution in [2.75, 3.05) is 19.6 Å². The predicted molar refractivity (Wildman–Crippen MR) is 52.4 cm³/mol. The summed E-state index contributed by atoms with van der Waals surface area (Å²) in [5.74, 6) is 1.78. The second-order valence-corrected chi connectivity index (χ2v) is 2.98. The Morgan fingerprint density at radius 1 is 1.54 bits per heavy atom. The lowest BCUT2D eigenvalue weighted by atomic mass is 10.3. The van der Waals surface area contributed by atoms with E-state index >= 15 is 0 Å². The van der Waals surface area contributed by atoms with Crippen LogP contribution in [-0.4, -0.2) is 35.6 Å². The molecule has 0 heterocycles. The molecule has 0 bridgehead atoms. The molecule has 0 aromatic rings. The van der Waals surface area contributed by atoms with Gasteiger partial charge in [-0.15, -0.1) is 12.3 Å². The number of rotatable bonds is 7. The third-order valence-electron chi connectivity index (χ3n) is 1.69. The van der Waals surface area contributed by atoms with Crippen LogP contribution in [0.15, 0.2) is 0 Å². The standard InChI is InChI=1S/C10H17NO2/c1-3-5-6-8-11(7-4-2)9-10(12)13/h1H,4-9H2,2H3,(H,12,13). The Morgan fingerprint density at radius 2 is 2.23 bits per heavy atom. The highest BCUT2D eigenvalue weighted by Gasteiger charge is 2.06. The van der Waals surface area contributed by atoms with Crippen molar-refractivity contribution in [2.24, 2.45) is 0 Å². The first-order valence-corrected chi connectivity index (χ1v) is 4.58. The Hall–Kier alpha value is -1.01. The van der Waals surface area contributed by atoms with Crippen molar-refractivity contribution in [1.29, 1.82) is 0 Å². The highest BCUT2D eigenvalue weighted by molar-refractivity contribution is 5.69. The normalized spacial score (nSPS) is 9.92. The summed E-state index contributed by atoms with van der Waals surface area (Å²) in [6.45, 7) is 3.77. The molecular weight excluding hydrogens is 166 g/mol. The molecule has 1 N–H and O–H groups in total. The van der Waals surface area contributed by atoms with Gasteiger partial charge in [-0.1, -0.05) is 6.92 Å². The van der Waals surface area contributed by atoms with Crippen molar-refractivity contribution < 1.29 is 9.90 Å². The first-order chi connectivity index (χ1) is 6.20. The quantitative estimate of drug-likeness (QED) is 0.476. The predicted octanol–water partition coefficient (Wildman–Crippen LogP) is 1.20. The molecule has 0 saturated carbocycles. The van der Waals surface area contributed by atoms with Crippen LogP contribution < -0.4 is 0 Å². The van der Waals surface area contributed by atoms with E-state index in [4.69, 9.17) is 11.5 Å². The average Bonchev–Trinajstić information content (AvgIpc) is 2.04. The summed E-state index contributed by atoms with van der Waals surface area (Å²) in [6.07, 6.45) is 7.68. The van der Waals surface area contributed by atoms with Gasteiger partial charge >= 0.3 is 5.97 Å². The van der Waals surface area contributed by atoms with Gasteiger partial charge in [0.2, 0.25) is 0 Å². The molecule has 0 spiro atoms. The number of aliphatic carboxylic acids is 1. The highest BCUT2D eigenvalue weighted by Crippen LogP contribution is 1.96. The SMILES string of the molecule is C#CCCCN(CCC)CC(=O)O. The zero-order valence-electron chi connectivity index (χ0n) is 8.12. The van der Waals surface area contributed by atoms with Gasteiger partial charge in [0.25, 0.3) is 0 Å². The maximum absolute atomic E-state index is 10.4. The van der Waals surface area contributed by atoms with Crippen LogP contribution in [0, 0.1) is 12.3 Å². The zero-order valence-corrected chi connectivity index (χ0v) is 8.12. The van der Waals surface area contributed by atoms with Gasteiger partial charge < -0.3 is 5.11 Å². The van der Waals surface area contributed by atoms with E-state index in [9.17, 15) is 4.79 Å². The molecular formula is C10H17NO2. The van der Waals surface area contributed by atoms with Gasteiger partial charge in [-0.25, -0.2) is 0 Å². The number of nitrogens with zero attached hydrogens (tertiary/aromatic N) is 1. The number of hydrogen-bond donors (Lipinski definition) is 1. The number of hydrogen-bond acceptors (Lipinski definition) is 2. The highest BCUT2D eigenvalue weighted by atomic mass is 16.4. The molecule has 0 aliphatic heterocycles. The van der Waals surface area contributed by atoms with E-state index in [1.807, 2.05) is 11.8 Å². The second-order valence-electron chi connectivity index (χ2n) is 2.98. The Balaban J connectivity index is 3.67. The number of unbranched alkanes of at least 4 members (excludes halogenated alkanes) is 1. The van der Waals surface area contributed by atoms with E-state index in [0.717, 1.165) is 32.4 Å².